The fourth-order valence-electron chi connectivity index (χ4n) is 1.70. The molecule has 0 unspecified atom stereocenters. The van der Waals surface area contributed by atoms with Crippen LogP contribution >= 0.6 is 11.8 Å². The van der Waals surface area contributed by atoms with Crippen molar-refractivity contribution in [2.75, 3.05) is 5.75 Å². The summed E-state index contributed by atoms with van der Waals surface area (Å²) in [6.45, 7) is 2.08. The third-order valence-corrected chi connectivity index (χ3v) is 3.39. The third-order valence-electron chi connectivity index (χ3n) is 2.49. The fourth-order valence-corrected chi connectivity index (χ4v) is 2.39. The molecule has 17 heavy (non-hydrogen) atoms. The largest absolute Gasteiger partial charge is 0.451 e. The van der Waals surface area contributed by atoms with E-state index in [1.807, 2.05) is 24.3 Å². The lowest BCUT2D eigenvalue weighted by Gasteiger charge is -2.00. The molecule has 1 aromatic carbocycles. The van der Waals surface area contributed by atoms with Crippen LogP contribution in [0.1, 0.15) is 23.0 Å². The van der Waals surface area contributed by atoms with Gasteiger partial charge >= 0.3 is 5.91 Å². The smallest absolute Gasteiger partial charge is 0.301 e. The molecule has 0 saturated carbocycles. The minimum Gasteiger partial charge on any atom is -0.451 e. The van der Waals surface area contributed by atoms with Crippen LogP contribution in [0.3, 0.4) is 0 Å². The molecular formula is C12H14N2O2S. The van der Waals surface area contributed by atoms with Gasteiger partial charge in [0.15, 0.2) is 5.76 Å². The number of hydrazine groups is 1. The van der Waals surface area contributed by atoms with Crippen molar-refractivity contribution in [1.29, 1.82) is 0 Å². The molecule has 0 aliphatic rings. The fraction of sp³-hybridized carbons (Fsp3) is 0.250. The van der Waals surface area contributed by atoms with E-state index in [2.05, 4.69) is 12.3 Å². The maximum absolute atomic E-state index is 11.6. The van der Waals surface area contributed by atoms with Gasteiger partial charge in [0, 0.05) is 16.7 Å². The minimum absolute atomic E-state index is 0.314. The Morgan fingerprint density at radius 1 is 1.47 bits per heavy atom. The highest BCUT2D eigenvalue weighted by molar-refractivity contribution is 7.98. The molecule has 1 heterocycles. The van der Waals surface area contributed by atoms with E-state index in [0.29, 0.717) is 5.76 Å². The van der Waals surface area contributed by atoms with E-state index >= 15 is 0 Å². The molecule has 0 spiro atoms. The molecule has 1 amide bonds. The number of amides is 1. The van der Waals surface area contributed by atoms with Gasteiger partial charge < -0.3 is 4.42 Å². The summed E-state index contributed by atoms with van der Waals surface area (Å²) in [5.41, 5.74) is 3.75. The van der Waals surface area contributed by atoms with Crippen LogP contribution in [0.2, 0.25) is 0 Å². The SMILES string of the molecule is CCSCc1c(C(=O)NN)oc2ccccc12. The number of nitrogen functional groups attached to an aromatic ring is 1. The molecule has 0 bridgehead atoms. The number of thioether (sulfide) groups is 1. The molecule has 2 aromatic rings. The third kappa shape index (κ3) is 2.30. The molecule has 5 heteroatoms. The van der Waals surface area contributed by atoms with E-state index in [-0.39, 0.29) is 5.91 Å². The number of rotatable bonds is 4. The predicted molar refractivity (Wildman–Crippen MR) is 69.7 cm³/mol. The molecule has 0 aliphatic carbocycles. The van der Waals surface area contributed by atoms with E-state index in [0.717, 1.165) is 28.0 Å². The van der Waals surface area contributed by atoms with Gasteiger partial charge in [0.2, 0.25) is 0 Å². The molecule has 0 saturated heterocycles. The van der Waals surface area contributed by atoms with Crippen molar-refractivity contribution >= 4 is 28.6 Å². The number of furan rings is 1. The molecule has 0 atom stereocenters. The van der Waals surface area contributed by atoms with E-state index in [9.17, 15) is 4.79 Å². The van der Waals surface area contributed by atoms with Gasteiger partial charge in [-0.05, 0) is 11.8 Å². The average molecular weight is 250 g/mol. The molecule has 0 fully saturated rings. The van der Waals surface area contributed by atoms with Crippen LogP contribution in [0.15, 0.2) is 28.7 Å². The quantitative estimate of drug-likeness (QED) is 0.496. The standard InChI is InChI=1S/C12H14N2O2S/c1-2-17-7-9-8-5-3-4-6-10(8)16-11(9)12(15)14-13/h3-6H,2,7,13H2,1H3,(H,14,15). The minimum atomic E-state index is -0.382. The molecule has 0 aliphatic heterocycles. The topological polar surface area (TPSA) is 68.3 Å². The summed E-state index contributed by atoms with van der Waals surface area (Å²) in [5.74, 6) is 6.83. The number of carbonyl (C=O) groups is 1. The van der Waals surface area contributed by atoms with Crippen molar-refractivity contribution in [1.82, 2.24) is 5.43 Å². The maximum atomic E-state index is 11.6. The van der Waals surface area contributed by atoms with Crippen LogP contribution in [0, 0.1) is 0 Å². The lowest BCUT2D eigenvalue weighted by atomic mass is 10.1. The van der Waals surface area contributed by atoms with Gasteiger partial charge in [-0.15, -0.1) is 0 Å². The van der Waals surface area contributed by atoms with Crippen molar-refractivity contribution in [3.05, 3.63) is 35.6 Å². The molecule has 0 radical (unpaired) electrons. The van der Waals surface area contributed by atoms with Gasteiger partial charge in [0.05, 0.1) is 0 Å². The highest BCUT2D eigenvalue weighted by Gasteiger charge is 2.19. The normalized spacial score (nSPS) is 10.7. The van der Waals surface area contributed by atoms with Gasteiger partial charge in [-0.1, -0.05) is 25.1 Å². The summed E-state index contributed by atoms with van der Waals surface area (Å²) in [7, 11) is 0. The monoisotopic (exact) mass is 250 g/mol. The zero-order chi connectivity index (χ0) is 12.3. The Morgan fingerprint density at radius 2 is 2.24 bits per heavy atom. The Kier molecular flexibility index (Phi) is 3.71. The first-order valence-corrected chi connectivity index (χ1v) is 6.52. The van der Waals surface area contributed by atoms with E-state index in [1.54, 1.807) is 11.8 Å². The number of carbonyl (C=O) groups excluding carboxylic acids is 1. The van der Waals surface area contributed by atoms with Crippen LogP contribution < -0.4 is 11.3 Å². The van der Waals surface area contributed by atoms with Gasteiger partial charge in [-0.25, -0.2) is 5.84 Å². The summed E-state index contributed by atoms with van der Waals surface area (Å²) in [4.78, 5) is 11.6. The van der Waals surface area contributed by atoms with Crippen LogP contribution in [-0.2, 0) is 5.75 Å². The van der Waals surface area contributed by atoms with Crippen LogP contribution in [0.4, 0.5) is 0 Å². The van der Waals surface area contributed by atoms with E-state index in [4.69, 9.17) is 10.3 Å². The van der Waals surface area contributed by atoms with Crippen molar-refractivity contribution < 1.29 is 9.21 Å². The zero-order valence-electron chi connectivity index (χ0n) is 9.53. The van der Waals surface area contributed by atoms with E-state index < -0.39 is 0 Å². The van der Waals surface area contributed by atoms with Gasteiger partial charge in [-0.2, -0.15) is 11.8 Å². The molecule has 1 aromatic heterocycles. The van der Waals surface area contributed by atoms with Gasteiger partial charge in [0.25, 0.3) is 0 Å². The zero-order valence-corrected chi connectivity index (χ0v) is 10.3. The number of fused-ring (bicyclic) bond motifs is 1. The number of benzene rings is 1. The summed E-state index contributed by atoms with van der Waals surface area (Å²) >= 11 is 1.74. The molecule has 4 nitrogen and oxygen atoms in total. The van der Waals surface area contributed by atoms with Crippen LogP contribution in [0.25, 0.3) is 11.0 Å². The van der Waals surface area contributed by atoms with E-state index in [1.165, 1.54) is 0 Å². The highest BCUT2D eigenvalue weighted by Crippen LogP contribution is 2.29. The summed E-state index contributed by atoms with van der Waals surface area (Å²) in [6.07, 6.45) is 0. The van der Waals surface area contributed by atoms with Crippen LogP contribution in [0.5, 0.6) is 0 Å². The Hall–Kier alpha value is -1.46. The number of hydrogen-bond donors (Lipinski definition) is 2. The second-order valence-corrected chi connectivity index (χ2v) is 4.79. The molecular weight excluding hydrogens is 236 g/mol. The predicted octanol–water partition coefficient (Wildman–Crippen LogP) is 2.29. The molecule has 90 valence electrons. The molecule has 2 rings (SSSR count). The summed E-state index contributed by atoms with van der Waals surface area (Å²) < 4.78 is 5.54. The average Bonchev–Trinajstić information content (AvgIpc) is 2.74. The highest BCUT2D eigenvalue weighted by atomic mass is 32.2. The lowest BCUT2D eigenvalue weighted by molar-refractivity contribution is 0.0927. The second-order valence-electron chi connectivity index (χ2n) is 3.52. The maximum Gasteiger partial charge on any atom is 0.301 e. The van der Waals surface area contributed by atoms with Crippen molar-refractivity contribution in [2.45, 2.75) is 12.7 Å². The molecule has 3 N–H and O–H groups in total. The van der Waals surface area contributed by atoms with Crippen molar-refractivity contribution in [3.8, 4) is 0 Å². The van der Waals surface area contributed by atoms with Gasteiger partial charge in [0.1, 0.15) is 5.58 Å². The first-order valence-electron chi connectivity index (χ1n) is 5.37. The Bertz CT molecular complexity index is 536. The summed E-state index contributed by atoms with van der Waals surface area (Å²) in [5, 5.41) is 0.979. The second kappa shape index (κ2) is 5.25. The lowest BCUT2D eigenvalue weighted by Crippen LogP contribution is -2.30. The first-order chi connectivity index (χ1) is 8.27. The first kappa shape index (κ1) is 12.0. The Balaban J connectivity index is 2.52. The van der Waals surface area contributed by atoms with Crippen molar-refractivity contribution in [3.63, 3.8) is 0 Å². The number of para-hydroxylation sites is 1. The van der Waals surface area contributed by atoms with Gasteiger partial charge in [-0.3, -0.25) is 10.2 Å². The van der Waals surface area contributed by atoms with Crippen LogP contribution in [-0.4, -0.2) is 11.7 Å². The number of hydrogen-bond acceptors (Lipinski definition) is 4. The Labute approximate surface area is 104 Å². The number of nitrogens with two attached hydrogens (primary N) is 1. The van der Waals surface area contributed by atoms with Crippen molar-refractivity contribution in [2.24, 2.45) is 5.84 Å². The number of nitrogens with one attached hydrogen (secondary N) is 1. The Morgan fingerprint density at radius 3 is 2.94 bits per heavy atom. The summed E-state index contributed by atoms with van der Waals surface area (Å²) in [6, 6.07) is 7.62.